The Kier molecular flexibility index (Phi) is 10.5. The summed E-state index contributed by atoms with van der Waals surface area (Å²) in [6, 6.07) is 0. The Balaban J connectivity index is -0.000000720. The van der Waals surface area contributed by atoms with E-state index in [-0.39, 0.29) is 43.8 Å². The standard InChI is InChI=1S/C8H12O5.Na.H/c9-6(8(12)13)4-2-1-3-5-7(10)11;;/h1-5H2,(H,10,11)(H,12,13);;/q;+1;-1. The maximum atomic E-state index is 10.5. The minimum atomic E-state index is -1.42. The third kappa shape index (κ3) is 9.70. The molecule has 14 heavy (non-hydrogen) atoms. The van der Waals surface area contributed by atoms with Gasteiger partial charge in [0.2, 0.25) is 5.78 Å². The van der Waals surface area contributed by atoms with Crippen molar-refractivity contribution in [3.8, 4) is 0 Å². The number of ketones is 1. The maximum absolute atomic E-state index is 10.5. The second kappa shape index (κ2) is 9.18. The Morgan fingerprint density at radius 3 is 1.86 bits per heavy atom. The number of carboxylic acids is 2. The molecule has 2 N–H and O–H groups in total. The predicted molar refractivity (Wildman–Crippen MR) is 44.5 cm³/mol. The van der Waals surface area contributed by atoms with Crippen molar-refractivity contribution in [2.75, 3.05) is 0 Å². The van der Waals surface area contributed by atoms with Gasteiger partial charge < -0.3 is 11.6 Å². The first-order chi connectivity index (χ1) is 6.04. The molecule has 0 radical (unpaired) electrons. The van der Waals surface area contributed by atoms with Gasteiger partial charge in [-0.05, 0) is 12.8 Å². The molecule has 0 bridgehead atoms. The van der Waals surface area contributed by atoms with E-state index < -0.39 is 17.7 Å². The summed E-state index contributed by atoms with van der Waals surface area (Å²) in [5.41, 5.74) is 0. The number of carbonyl (C=O) groups excluding carboxylic acids is 1. The van der Waals surface area contributed by atoms with Gasteiger partial charge in [-0.15, -0.1) is 0 Å². The Labute approximate surface area is 105 Å². The Morgan fingerprint density at radius 1 is 0.929 bits per heavy atom. The number of hydrogen-bond donors (Lipinski definition) is 2. The minimum Gasteiger partial charge on any atom is -1.00 e. The SMILES string of the molecule is O=C(O)CCCCCC(=O)C(=O)O.[H-].[Na+]. The van der Waals surface area contributed by atoms with Crippen molar-refractivity contribution in [1.29, 1.82) is 0 Å². The largest absolute Gasteiger partial charge is 1.00 e. The van der Waals surface area contributed by atoms with Crippen molar-refractivity contribution in [1.82, 2.24) is 0 Å². The van der Waals surface area contributed by atoms with Gasteiger partial charge in [0.1, 0.15) is 0 Å². The number of carboxylic acid groups (broad SMARTS) is 2. The fourth-order valence-corrected chi connectivity index (χ4v) is 0.845. The van der Waals surface area contributed by atoms with Crippen LogP contribution in [0.3, 0.4) is 0 Å². The summed E-state index contributed by atoms with van der Waals surface area (Å²) in [6.07, 6.45) is 1.57. The van der Waals surface area contributed by atoms with Gasteiger partial charge in [0, 0.05) is 12.8 Å². The molecule has 0 fully saturated rings. The van der Waals surface area contributed by atoms with E-state index in [0.29, 0.717) is 19.3 Å². The summed E-state index contributed by atoms with van der Waals surface area (Å²) in [6.45, 7) is 0. The van der Waals surface area contributed by atoms with E-state index in [1.165, 1.54) is 0 Å². The third-order valence-corrected chi connectivity index (χ3v) is 1.53. The molecule has 0 aromatic carbocycles. The van der Waals surface area contributed by atoms with E-state index in [2.05, 4.69) is 0 Å². The van der Waals surface area contributed by atoms with Crippen LogP contribution in [-0.4, -0.2) is 27.9 Å². The average Bonchev–Trinajstić information content (AvgIpc) is 2.02. The summed E-state index contributed by atoms with van der Waals surface area (Å²) in [7, 11) is 0. The number of carbonyl (C=O) groups is 3. The van der Waals surface area contributed by atoms with Gasteiger partial charge in [-0.3, -0.25) is 9.59 Å². The van der Waals surface area contributed by atoms with E-state index in [1.807, 2.05) is 0 Å². The summed E-state index contributed by atoms with van der Waals surface area (Å²) in [4.78, 5) is 30.6. The first-order valence-electron chi connectivity index (χ1n) is 4.02. The third-order valence-electron chi connectivity index (χ3n) is 1.53. The molecule has 0 heterocycles. The van der Waals surface area contributed by atoms with Gasteiger partial charge in [0.25, 0.3) is 0 Å². The Morgan fingerprint density at radius 2 is 1.43 bits per heavy atom. The molecule has 0 saturated heterocycles. The molecule has 0 aromatic rings. The Bertz CT molecular complexity index is 219. The van der Waals surface area contributed by atoms with Crippen molar-refractivity contribution in [3.05, 3.63) is 0 Å². The molecule has 0 aliphatic carbocycles. The maximum Gasteiger partial charge on any atom is 1.00 e. The van der Waals surface area contributed by atoms with Crippen molar-refractivity contribution in [2.45, 2.75) is 32.1 Å². The fraction of sp³-hybridized carbons (Fsp3) is 0.625. The molecule has 0 unspecified atom stereocenters. The first kappa shape index (κ1) is 16.1. The minimum absolute atomic E-state index is 0. The van der Waals surface area contributed by atoms with Gasteiger partial charge in [-0.1, -0.05) is 6.42 Å². The average molecular weight is 212 g/mol. The van der Waals surface area contributed by atoms with Crippen molar-refractivity contribution in [3.63, 3.8) is 0 Å². The van der Waals surface area contributed by atoms with Crippen molar-refractivity contribution < 1.29 is 55.6 Å². The summed E-state index contributed by atoms with van der Waals surface area (Å²) in [5, 5.41) is 16.4. The second-order valence-corrected chi connectivity index (χ2v) is 2.68. The van der Waals surface area contributed by atoms with Crippen LogP contribution < -0.4 is 29.6 Å². The molecule has 0 amide bonds. The van der Waals surface area contributed by atoms with Gasteiger partial charge >= 0.3 is 41.5 Å². The quantitative estimate of drug-likeness (QED) is 0.283. The van der Waals surface area contributed by atoms with Gasteiger partial charge in [0.05, 0.1) is 0 Å². The van der Waals surface area contributed by atoms with Crippen molar-refractivity contribution in [2.24, 2.45) is 0 Å². The molecule has 0 aromatic heterocycles. The van der Waals surface area contributed by atoms with E-state index in [1.54, 1.807) is 0 Å². The topological polar surface area (TPSA) is 91.7 Å². The number of Topliss-reactive ketones (excluding diaryl/α,β-unsaturated/α-hetero) is 1. The van der Waals surface area contributed by atoms with Gasteiger partial charge in [0.15, 0.2) is 0 Å². The van der Waals surface area contributed by atoms with Crippen molar-refractivity contribution >= 4 is 17.7 Å². The summed E-state index contributed by atoms with van der Waals surface area (Å²) < 4.78 is 0. The van der Waals surface area contributed by atoms with Crippen LogP contribution in [0.1, 0.15) is 33.5 Å². The molecule has 5 nitrogen and oxygen atoms in total. The monoisotopic (exact) mass is 212 g/mol. The van der Waals surface area contributed by atoms with Gasteiger partial charge in [-0.2, -0.15) is 0 Å². The van der Waals surface area contributed by atoms with E-state index >= 15 is 0 Å². The predicted octanol–water partition coefficient (Wildman–Crippen LogP) is -2.21. The van der Waals surface area contributed by atoms with Crippen LogP contribution in [0.4, 0.5) is 0 Å². The molecule has 0 spiro atoms. The number of hydrogen-bond acceptors (Lipinski definition) is 3. The summed E-state index contributed by atoms with van der Waals surface area (Å²) in [5.74, 6) is -3.10. The van der Waals surface area contributed by atoms with Crippen LogP contribution in [0.15, 0.2) is 0 Å². The zero-order valence-electron chi connectivity index (χ0n) is 9.15. The van der Waals surface area contributed by atoms with Crippen LogP contribution in [0.2, 0.25) is 0 Å². The molecular weight excluding hydrogens is 199 g/mol. The van der Waals surface area contributed by atoms with E-state index in [9.17, 15) is 14.4 Å². The van der Waals surface area contributed by atoms with Crippen LogP contribution in [-0.2, 0) is 14.4 Å². The van der Waals surface area contributed by atoms with E-state index in [0.717, 1.165) is 0 Å². The molecule has 0 aliphatic heterocycles. The van der Waals surface area contributed by atoms with Crippen LogP contribution in [0.25, 0.3) is 0 Å². The Hall–Kier alpha value is -0.390. The van der Waals surface area contributed by atoms with Gasteiger partial charge in [-0.25, -0.2) is 4.79 Å². The normalized spacial score (nSPS) is 8.86. The molecule has 0 aliphatic rings. The zero-order valence-corrected chi connectivity index (χ0v) is 10.2. The molecule has 76 valence electrons. The number of rotatable bonds is 7. The molecular formula is C8H13NaO5. The zero-order chi connectivity index (χ0) is 10.3. The fourth-order valence-electron chi connectivity index (χ4n) is 0.845. The van der Waals surface area contributed by atoms with E-state index in [4.69, 9.17) is 10.2 Å². The summed E-state index contributed by atoms with van der Waals surface area (Å²) >= 11 is 0. The molecule has 0 rings (SSSR count). The second-order valence-electron chi connectivity index (χ2n) is 2.68. The number of unbranched alkanes of at least 4 members (excludes halogenated alkanes) is 2. The smallest absolute Gasteiger partial charge is 1.00 e. The molecule has 0 saturated carbocycles. The van der Waals surface area contributed by atoms with Crippen LogP contribution in [0.5, 0.6) is 0 Å². The number of aliphatic carboxylic acids is 2. The van der Waals surface area contributed by atoms with Crippen LogP contribution >= 0.6 is 0 Å². The molecule has 0 atom stereocenters. The first-order valence-corrected chi connectivity index (χ1v) is 4.02. The van der Waals surface area contributed by atoms with Crippen LogP contribution in [0, 0.1) is 0 Å². The molecule has 6 heteroatoms.